The Morgan fingerprint density at radius 1 is 1.30 bits per heavy atom. The molecule has 0 saturated heterocycles. The van der Waals surface area contributed by atoms with Gasteiger partial charge in [-0.3, -0.25) is 0 Å². The second kappa shape index (κ2) is 5.71. The van der Waals surface area contributed by atoms with Crippen molar-refractivity contribution >= 4 is 5.97 Å². The van der Waals surface area contributed by atoms with E-state index >= 15 is 0 Å². The van der Waals surface area contributed by atoms with Gasteiger partial charge in [0.05, 0.1) is 12.7 Å². The van der Waals surface area contributed by atoms with Gasteiger partial charge in [0, 0.05) is 6.07 Å². The Balaban J connectivity index is 2.38. The van der Waals surface area contributed by atoms with Crippen LogP contribution in [0.3, 0.4) is 0 Å². The van der Waals surface area contributed by atoms with Crippen molar-refractivity contribution in [3.63, 3.8) is 0 Å². The second-order valence-electron chi connectivity index (χ2n) is 3.75. The third-order valence-corrected chi connectivity index (χ3v) is 2.46. The van der Waals surface area contributed by atoms with E-state index < -0.39 is 5.97 Å². The number of ether oxygens (including phenoxy) is 2. The van der Waals surface area contributed by atoms with Crippen molar-refractivity contribution in [3.05, 3.63) is 47.7 Å². The molecule has 1 aromatic heterocycles. The number of pyridine rings is 1. The summed E-state index contributed by atoms with van der Waals surface area (Å²) in [5.74, 6) is -0.296. The number of methoxy groups -OCH3 is 1. The maximum atomic E-state index is 11.0. The van der Waals surface area contributed by atoms with Gasteiger partial charge in [0.2, 0.25) is 5.88 Å². The molecule has 6 heteroatoms. The molecule has 0 aliphatic carbocycles. The smallest absolute Gasteiger partial charge is 0.335 e. The van der Waals surface area contributed by atoms with Gasteiger partial charge in [-0.05, 0) is 24.3 Å². The number of rotatable bonds is 4. The van der Waals surface area contributed by atoms with Gasteiger partial charge in [0.1, 0.15) is 11.8 Å². The number of carboxylic acids is 1. The molecule has 1 N–H and O–H groups in total. The van der Waals surface area contributed by atoms with Crippen molar-refractivity contribution in [3.8, 4) is 23.4 Å². The molecule has 0 fully saturated rings. The summed E-state index contributed by atoms with van der Waals surface area (Å²) >= 11 is 0. The molecular formula is C14H10N2O4. The van der Waals surface area contributed by atoms with Crippen LogP contribution in [-0.4, -0.2) is 23.2 Å². The van der Waals surface area contributed by atoms with E-state index in [4.69, 9.17) is 19.8 Å². The molecule has 2 aromatic rings. The van der Waals surface area contributed by atoms with E-state index in [0.717, 1.165) is 0 Å². The third-order valence-electron chi connectivity index (χ3n) is 2.46. The molecule has 100 valence electrons. The van der Waals surface area contributed by atoms with Gasteiger partial charge in [-0.1, -0.05) is 6.07 Å². The number of aromatic carboxylic acids is 1. The summed E-state index contributed by atoms with van der Waals surface area (Å²) in [6, 6.07) is 10.9. The maximum absolute atomic E-state index is 11.0. The standard InChI is InChI=1S/C14H10N2O4/c1-19-11-6-5-9(14(17)18)7-12(11)20-13-4-2-3-10(8-15)16-13/h2-7H,1H3,(H,17,18). The zero-order chi connectivity index (χ0) is 14.5. The highest BCUT2D eigenvalue weighted by molar-refractivity contribution is 5.88. The van der Waals surface area contributed by atoms with Crippen LogP contribution in [0.2, 0.25) is 0 Å². The molecule has 0 aliphatic heterocycles. The highest BCUT2D eigenvalue weighted by atomic mass is 16.5. The zero-order valence-corrected chi connectivity index (χ0v) is 10.5. The Bertz CT molecular complexity index is 692. The van der Waals surface area contributed by atoms with Crippen LogP contribution in [0, 0.1) is 11.3 Å². The zero-order valence-electron chi connectivity index (χ0n) is 10.5. The van der Waals surface area contributed by atoms with Crippen LogP contribution in [-0.2, 0) is 0 Å². The van der Waals surface area contributed by atoms with E-state index in [9.17, 15) is 4.79 Å². The van der Waals surface area contributed by atoms with E-state index in [-0.39, 0.29) is 22.9 Å². The fraction of sp³-hybridized carbons (Fsp3) is 0.0714. The average Bonchev–Trinajstić information content (AvgIpc) is 2.47. The number of carboxylic acid groups (broad SMARTS) is 1. The number of nitrogens with zero attached hydrogens (tertiary/aromatic N) is 2. The summed E-state index contributed by atoms with van der Waals surface area (Å²) in [7, 11) is 1.45. The van der Waals surface area contributed by atoms with Crippen LogP contribution < -0.4 is 9.47 Å². The molecule has 1 aromatic carbocycles. The molecule has 6 nitrogen and oxygen atoms in total. The molecular weight excluding hydrogens is 260 g/mol. The summed E-state index contributed by atoms with van der Waals surface area (Å²) in [4.78, 5) is 14.9. The molecule has 0 aliphatic rings. The number of benzene rings is 1. The topological polar surface area (TPSA) is 92.4 Å². The molecule has 2 rings (SSSR count). The van der Waals surface area contributed by atoms with Crippen molar-refractivity contribution in [1.29, 1.82) is 5.26 Å². The van der Waals surface area contributed by atoms with Crippen LogP contribution in [0.4, 0.5) is 0 Å². The molecule has 0 radical (unpaired) electrons. The van der Waals surface area contributed by atoms with Crippen molar-refractivity contribution in [2.24, 2.45) is 0 Å². The van der Waals surface area contributed by atoms with Gasteiger partial charge in [0.15, 0.2) is 11.5 Å². The first-order valence-electron chi connectivity index (χ1n) is 5.60. The van der Waals surface area contributed by atoms with Crippen LogP contribution in [0.15, 0.2) is 36.4 Å². The molecule has 0 saturated carbocycles. The lowest BCUT2D eigenvalue weighted by Gasteiger charge is -2.10. The van der Waals surface area contributed by atoms with Gasteiger partial charge in [-0.25, -0.2) is 9.78 Å². The van der Waals surface area contributed by atoms with Crippen LogP contribution in [0.1, 0.15) is 16.1 Å². The highest BCUT2D eigenvalue weighted by Gasteiger charge is 2.11. The lowest BCUT2D eigenvalue weighted by molar-refractivity contribution is 0.0696. The minimum Gasteiger partial charge on any atom is -0.493 e. The second-order valence-corrected chi connectivity index (χ2v) is 3.75. The highest BCUT2D eigenvalue weighted by Crippen LogP contribution is 2.31. The lowest BCUT2D eigenvalue weighted by atomic mass is 10.2. The predicted molar refractivity (Wildman–Crippen MR) is 69.0 cm³/mol. The monoisotopic (exact) mass is 270 g/mol. The van der Waals surface area contributed by atoms with Crippen molar-refractivity contribution in [2.75, 3.05) is 7.11 Å². The molecule has 0 amide bonds. The van der Waals surface area contributed by atoms with E-state index in [1.807, 2.05) is 6.07 Å². The normalized spacial score (nSPS) is 9.60. The first-order valence-corrected chi connectivity index (χ1v) is 5.60. The first-order chi connectivity index (χ1) is 9.63. The SMILES string of the molecule is COc1ccc(C(=O)O)cc1Oc1cccc(C#N)n1. The van der Waals surface area contributed by atoms with Crippen molar-refractivity contribution in [1.82, 2.24) is 4.98 Å². The maximum Gasteiger partial charge on any atom is 0.335 e. The Labute approximate surface area is 114 Å². The summed E-state index contributed by atoms with van der Waals surface area (Å²) in [6.07, 6.45) is 0. The van der Waals surface area contributed by atoms with Gasteiger partial charge in [0.25, 0.3) is 0 Å². The Morgan fingerprint density at radius 3 is 2.75 bits per heavy atom. The number of aromatic nitrogens is 1. The lowest BCUT2D eigenvalue weighted by Crippen LogP contribution is -1.99. The van der Waals surface area contributed by atoms with Crippen LogP contribution in [0.5, 0.6) is 17.4 Å². The third kappa shape index (κ3) is 2.84. The van der Waals surface area contributed by atoms with Crippen molar-refractivity contribution < 1.29 is 19.4 Å². The van der Waals surface area contributed by atoms with E-state index in [1.54, 1.807) is 12.1 Å². The minimum atomic E-state index is -1.07. The van der Waals surface area contributed by atoms with Crippen LogP contribution >= 0.6 is 0 Å². The van der Waals surface area contributed by atoms with E-state index in [1.165, 1.54) is 31.4 Å². The Hall–Kier alpha value is -3.07. The van der Waals surface area contributed by atoms with Gasteiger partial charge >= 0.3 is 5.97 Å². The summed E-state index contributed by atoms with van der Waals surface area (Å²) in [6.45, 7) is 0. The van der Waals surface area contributed by atoms with Crippen molar-refractivity contribution in [2.45, 2.75) is 0 Å². The van der Waals surface area contributed by atoms with Gasteiger partial charge in [-0.15, -0.1) is 0 Å². The van der Waals surface area contributed by atoms with Gasteiger partial charge < -0.3 is 14.6 Å². The molecule has 0 spiro atoms. The molecule has 0 atom stereocenters. The number of carbonyl (C=O) groups is 1. The quantitative estimate of drug-likeness (QED) is 0.917. The number of hydrogen-bond donors (Lipinski definition) is 1. The predicted octanol–water partition coefficient (Wildman–Crippen LogP) is 2.45. The van der Waals surface area contributed by atoms with E-state index in [2.05, 4.69) is 4.98 Å². The summed E-state index contributed by atoms with van der Waals surface area (Å²) in [5, 5.41) is 17.7. The Morgan fingerprint density at radius 2 is 2.10 bits per heavy atom. The summed E-state index contributed by atoms with van der Waals surface area (Å²) in [5.41, 5.74) is 0.271. The minimum absolute atomic E-state index is 0.0669. The van der Waals surface area contributed by atoms with Gasteiger partial charge in [-0.2, -0.15) is 5.26 Å². The first kappa shape index (κ1) is 13.4. The number of hydrogen-bond acceptors (Lipinski definition) is 5. The molecule has 1 heterocycles. The molecule has 20 heavy (non-hydrogen) atoms. The number of nitriles is 1. The fourth-order valence-corrected chi connectivity index (χ4v) is 1.54. The average molecular weight is 270 g/mol. The largest absolute Gasteiger partial charge is 0.493 e. The molecule has 0 bridgehead atoms. The van der Waals surface area contributed by atoms with E-state index in [0.29, 0.717) is 5.75 Å². The molecule has 0 unspecified atom stereocenters. The summed E-state index contributed by atoms with van der Waals surface area (Å²) < 4.78 is 10.6. The van der Waals surface area contributed by atoms with Crippen LogP contribution in [0.25, 0.3) is 0 Å². The Kier molecular flexibility index (Phi) is 3.82. The fourth-order valence-electron chi connectivity index (χ4n) is 1.54.